The number of amides is 1. The standard InChI is InChI=1S/C19H25N3O/c1-14-7-4-8-15(2)18(14)22(19(23)16(3)20)12-6-10-17-9-5-11-21-13-17/h4-5,7-9,11,13,16H,6,10,12,20H2,1-3H3/t16-/m1/s1. The third-order valence-corrected chi connectivity index (χ3v) is 3.93. The van der Waals surface area contributed by atoms with Gasteiger partial charge in [-0.2, -0.15) is 0 Å². The highest BCUT2D eigenvalue weighted by Crippen LogP contribution is 2.25. The summed E-state index contributed by atoms with van der Waals surface area (Å²) in [6, 6.07) is 9.57. The number of rotatable bonds is 6. The molecule has 0 aliphatic heterocycles. The molecule has 0 aliphatic rings. The van der Waals surface area contributed by atoms with Crippen molar-refractivity contribution in [2.45, 2.75) is 39.7 Å². The molecule has 1 atom stereocenters. The number of carbonyl (C=O) groups excluding carboxylic acids is 1. The minimum Gasteiger partial charge on any atom is -0.320 e. The maximum atomic E-state index is 12.6. The van der Waals surface area contributed by atoms with Gasteiger partial charge in [0.1, 0.15) is 0 Å². The van der Waals surface area contributed by atoms with E-state index in [0.29, 0.717) is 6.54 Å². The lowest BCUT2D eigenvalue weighted by molar-refractivity contribution is -0.119. The van der Waals surface area contributed by atoms with Crippen LogP contribution in [0.4, 0.5) is 5.69 Å². The molecule has 2 rings (SSSR count). The number of para-hydroxylation sites is 1. The first-order valence-electron chi connectivity index (χ1n) is 8.02. The monoisotopic (exact) mass is 311 g/mol. The summed E-state index contributed by atoms with van der Waals surface area (Å²) >= 11 is 0. The smallest absolute Gasteiger partial charge is 0.243 e. The minimum absolute atomic E-state index is 0.0337. The van der Waals surface area contributed by atoms with Crippen molar-refractivity contribution in [3.63, 3.8) is 0 Å². The van der Waals surface area contributed by atoms with Gasteiger partial charge in [0.2, 0.25) is 5.91 Å². The van der Waals surface area contributed by atoms with Crippen molar-refractivity contribution >= 4 is 11.6 Å². The molecule has 1 heterocycles. The van der Waals surface area contributed by atoms with Gasteiger partial charge < -0.3 is 10.6 Å². The van der Waals surface area contributed by atoms with Crippen LogP contribution in [0.5, 0.6) is 0 Å². The predicted octanol–water partition coefficient (Wildman–Crippen LogP) is 3.01. The topological polar surface area (TPSA) is 59.2 Å². The Morgan fingerprint density at radius 1 is 1.22 bits per heavy atom. The highest BCUT2D eigenvalue weighted by atomic mass is 16.2. The summed E-state index contributed by atoms with van der Waals surface area (Å²) in [5, 5.41) is 0. The van der Waals surface area contributed by atoms with E-state index in [4.69, 9.17) is 5.73 Å². The predicted molar refractivity (Wildman–Crippen MR) is 94.5 cm³/mol. The Hall–Kier alpha value is -2.20. The molecule has 0 saturated carbocycles. The van der Waals surface area contributed by atoms with Crippen molar-refractivity contribution in [3.8, 4) is 0 Å². The van der Waals surface area contributed by atoms with E-state index in [9.17, 15) is 4.79 Å². The maximum absolute atomic E-state index is 12.6. The second-order valence-corrected chi connectivity index (χ2v) is 5.98. The maximum Gasteiger partial charge on any atom is 0.243 e. The normalized spacial score (nSPS) is 12.0. The average Bonchev–Trinajstić information content (AvgIpc) is 2.53. The zero-order valence-electron chi connectivity index (χ0n) is 14.1. The zero-order chi connectivity index (χ0) is 16.8. The number of anilines is 1. The lowest BCUT2D eigenvalue weighted by Gasteiger charge is -2.28. The summed E-state index contributed by atoms with van der Waals surface area (Å²) in [4.78, 5) is 18.5. The van der Waals surface area contributed by atoms with Crippen LogP contribution in [0, 0.1) is 13.8 Å². The minimum atomic E-state index is -0.507. The largest absolute Gasteiger partial charge is 0.320 e. The lowest BCUT2D eigenvalue weighted by atomic mass is 10.1. The molecule has 0 bridgehead atoms. The van der Waals surface area contributed by atoms with Crippen molar-refractivity contribution in [2.24, 2.45) is 5.73 Å². The van der Waals surface area contributed by atoms with E-state index in [1.165, 1.54) is 5.56 Å². The van der Waals surface area contributed by atoms with Gasteiger partial charge in [-0.3, -0.25) is 9.78 Å². The molecule has 4 heteroatoms. The molecular weight excluding hydrogens is 286 g/mol. The molecule has 23 heavy (non-hydrogen) atoms. The number of hydrogen-bond acceptors (Lipinski definition) is 3. The highest BCUT2D eigenvalue weighted by molar-refractivity contribution is 5.98. The van der Waals surface area contributed by atoms with Crippen molar-refractivity contribution < 1.29 is 4.79 Å². The van der Waals surface area contributed by atoms with Gasteiger partial charge in [0.15, 0.2) is 0 Å². The molecular formula is C19H25N3O. The second-order valence-electron chi connectivity index (χ2n) is 5.98. The van der Waals surface area contributed by atoms with E-state index in [0.717, 1.165) is 29.7 Å². The summed E-state index contributed by atoms with van der Waals surface area (Å²) in [7, 11) is 0. The molecule has 1 aromatic heterocycles. The number of benzene rings is 1. The van der Waals surface area contributed by atoms with Crippen molar-refractivity contribution in [2.75, 3.05) is 11.4 Å². The van der Waals surface area contributed by atoms with Gasteiger partial charge in [-0.1, -0.05) is 24.3 Å². The van der Waals surface area contributed by atoms with Gasteiger partial charge in [0.05, 0.1) is 6.04 Å². The van der Waals surface area contributed by atoms with Crippen LogP contribution in [-0.4, -0.2) is 23.5 Å². The Kier molecular flexibility index (Phi) is 5.88. The number of hydrogen-bond donors (Lipinski definition) is 1. The van der Waals surface area contributed by atoms with E-state index in [1.807, 2.05) is 49.2 Å². The van der Waals surface area contributed by atoms with Crippen LogP contribution in [0.15, 0.2) is 42.7 Å². The number of nitrogens with two attached hydrogens (primary N) is 1. The van der Waals surface area contributed by atoms with Gasteiger partial charge in [-0.25, -0.2) is 0 Å². The Balaban J connectivity index is 2.17. The molecule has 0 unspecified atom stereocenters. The third-order valence-electron chi connectivity index (χ3n) is 3.93. The molecule has 2 N–H and O–H groups in total. The van der Waals surface area contributed by atoms with Crippen molar-refractivity contribution in [3.05, 3.63) is 59.4 Å². The van der Waals surface area contributed by atoms with Crippen molar-refractivity contribution in [1.29, 1.82) is 0 Å². The molecule has 0 aliphatic carbocycles. The fourth-order valence-corrected chi connectivity index (χ4v) is 2.80. The molecule has 1 amide bonds. The Morgan fingerprint density at radius 2 is 1.91 bits per heavy atom. The number of aryl methyl sites for hydroxylation is 3. The number of nitrogens with zero attached hydrogens (tertiary/aromatic N) is 2. The summed E-state index contributed by atoms with van der Waals surface area (Å²) < 4.78 is 0. The summed E-state index contributed by atoms with van der Waals surface area (Å²) in [6.45, 7) is 6.46. The van der Waals surface area contributed by atoms with Crippen LogP contribution in [-0.2, 0) is 11.2 Å². The Labute approximate surface area is 138 Å². The van der Waals surface area contributed by atoms with Crippen LogP contribution in [0.1, 0.15) is 30.0 Å². The number of pyridine rings is 1. The molecule has 2 aromatic rings. The quantitative estimate of drug-likeness (QED) is 0.892. The first-order chi connectivity index (χ1) is 11.0. The van der Waals surface area contributed by atoms with Gasteiger partial charge in [0, 0.05) is 24.6 Å². The Morgan fingerprint density at radius 3 is 2.48 bits per heavy atom. The highest BCUT2D eigenvalue weighted by Gasteiger charge is 2.21. The summed E-state index contributed by atoms with van der Waals surface area (Å²) in [5.41, 5.74) is 10.2. The summed E-state index contributed by atoms with van der Waals surface area (Å²) in [5.74, 6) is -0.0337. The van der Waals surface area contributed by atoms with E-state index >= 15 is 0 Å². The average molecular weight is 311 g/mol. The molecule has 4 nitrogen and oxygen atoms in total. The number of aromatic nitrogens is 1. The van der Waals surface area contributed by atoms with Crippen LogP contribution in [0.3, 0.4) is 0 Å². The molecule has 0 saturated heterocycles. The van der Waals surface area contributed by atoms with E-state index < -0.39 is 6.04 Å². The van der Waals surface area contributed by atoms with Crippen LogP contribution >= 0.6 is 0 Å². The molecule has 1 aromatic carbocycles. The molecule has 0 radical (unpaired) electrons. The molecule has 122 valence electrons. The number of carbonyl (C=O) groups is 1. The van der Waals surface area contributed by atoms with Gasteiger partial charge in [-0.15, -0.1) is 0 Å². The van der Waals surface area contributed by atoms with Gasteiger partial charge in [0.25, 0.3) is 0 Å². The van der Waals surface area contributed by atoms with Crippen LogP contribution < -0.4 is 10.6 Å². The lowest BCUT2D eigenvalue weighted by Crippen LogP contribution is -2.43. The van der Waals surface area contributed by atoms with E-state index in [1.54, 1.807) is 13.1 Å². The third kappa shape index (κ3) is 4.39. The molecule has 0 fully saturated rings. The fourth-order valence-electron chi connectivity index (χ4n) is 2.80. The second kappa shape index (κ2) is 7.88. The fraction of sp³-hybridized carbons (Fsp3) is 0.368. The van der Waals surface area contributed by atoms with Crippen LogP contribution in [0.25, 0.3) is 0 Å². The summed E-state index contributed by atoms with van der Waals surface area (Å²) in [6.07, 6.45) is 5.41. The SMILES string of the molecule is Cc1cccc(C)c1N(CCCc1cccnc1)C(=O)[C@@H](C)N. The van der Waals surface area contributed by atoms with Gasteiger partial charge in [-0.05, 0) is 56.4 Å². The van der Waals surface area contributed by atoms with E-state index in [-0.39, 0.29) is 5.91 Å². The Bertz CT molecular complexity index is 633. The first kappa shape index (κ1) is 17.2. The molecule has 0 spiro atoms. The first-order valence-corrected chi connectivity index (χ1v) is 8.02. The van der Waals surface area contributed by atoms with E-state index in [2.05, 4.69) is 11.1 Å². The van der Waals surface area contributed by atoms with Gasteiger partial charge >= 0.3 is 0 Å². The van der Waals surface area contributed by atoms with Crippen LogP contribution in [0.2, 0.25) is 0 Å². The van der Waals surface area contributed by atoms with Crippen molar-refractivity contribution in [1.82, 2.24) is 4.98 Å². The zero-order valence-corrected chi connectivity index (χ0v) is 14.1.